The van der Waals surface area contributed by atoms with Gasteiger partial charge in [0.2, 0.25) is 0 Å². The van der Waals surface area contributed by atoms with Gasteiger partial charge in [-0.3, -0.25) is 10.1 Å². The summed E-state index contributed by atoms with van der Waals surface area (Å²) < 4.78 is 31.4. The summed E-state index contributed by atoms with van der Waals surface area (Å²) >= 11 is 1.20. The average molecular weight is 353 g/mol. The van der Waals surface area contributed by atoms with E-state index in [1.54, 1.807) is 0 Å². The van der Waals surface area contributed by atoms with E-state index < -0.39 is 23.6 Å². The Morgan fingerprint density at radius 2 is 2.00 bits per heavy atom. The van der Waals surface area contributed by atoms with Gasteiger partial charge in [-0.05, 0) is 24.1 Å². The van der Waals surface area contributed by atoms with E-state index in [1.807, 2.05) is 0 Å². The van der Waals surface area contributed by atoms with E-state index in [0.717, 1.165) is 22.6 Å². The zero-order valence-electron chi connectivity index (χ0n) is 12.3. The predicted molar refractivity (Wildman–Crippen MR) is 85.2 cm³/mol. The average Bonchev–Trinajstić information content (AvgIpc) is 2.88. The van der Waals surface area contributed by atoms with Crippen LogP contribution in [0, 0.1) is 11.6 Å². The standard InChI is InChI=1S/C15H13F2N3O3S/c16-9-2-1-7(5-10(9)17)19-15(22)20-14-12(13(18)21)8-3-4-23-6-11(8)24-14/h1-2,5H,3-4,6H2,(H2,18,21)(H2,19,20,22). The fourth-order valence-corrected chi connectivity index (χ4v) is 3.61. The summed E-state index contributed by atoms with van der Waals surface area (Å²) in [5.74, 6) is -2.73. The number of halogens is 2. The van der Waals surface area contributed by atoms with Crippen molar-refractivity contribution in [2.24, 2.45) is 5.73 Å². The van der Waals surface area contributed by atoms with Gasteiger partial charge in [0.05, 0.1) is 18.8 Å². The number of carbonyl (C=O) groups is 2. The lowest BCUT2D eigenvalue weighted by Gasteiger charge is -2.12. The molecule has 0 saturated carbocycles. The molecule has 1 aliphatic rings. The number of rotatable bonds is 3. The van der Waals surface area contributed by atoms with Crippen LogP contribution >= 0.6 is 11.3 Å². The number of urea groups is 1. The highest BCUT2D eigenvalue weighted by Gasteiger charge is 2.25. The van der Waals surface area contributed by atoms with Crippen LogP contribution in [0.25, 0.3) is 0 Å². The van der Waals surface area contributed by atoms with Gasteiger partial charge in [-0.15, -0.1) is 11.3 Å². The summed E-state index contributed by atoms with van der Waals surface area (Å²) in [5.41, 5.74) is 6.53. The van der Waals surface area contributed by atoms with E-state index in [1.165, 1.54) is 17.4 Å². The number of nitrogens with one attached hydrogen (secondary N) is 2. The Labute approximate surface area is 139 Å². The molecule has 0 bridgehead atoms. The Morgan fingerprint density at radius 3 is 2.71 bits per heavy atom. The van der Waals surface area contributed by atoms with Crippen molar-refractivity contribution in [3.8, 4) is 0 Å². The molecule has 1 aromatic heterocycles. The van der Waals surface area contributed by atoms with Gasteiger partial charge in [0.15, 0.2) is 11.6 Å². The van der Waals surface area contributed by atoms with Crippen LogP contribution in [0.1, 0.15) is 20.8 Å². The summed E-state index contributed by atoms with van der Waals surface area (Å²) in [4.78, 5) is 24.6. The molecule has 0 aliphatic carbocycles. The minimum Gasteiger partial charge on any atom is -0.376 e. The first kappa shape index (κ1) is 16.3. The molecule has 0 fully saturated rings. The Kier molecular flexibility index (Phi) is 4.45. The second kappa shape index (κ2) is 6.54. The van der Waals surface area contributed by atoms with Crippen molar-refractivity contribution in [1.82, 2.24) is 0 Å². The van der Waals surface area contributed by atoms with Crippen molar-refractivity contribution < 1.29 is 23.1 Å². The molecule has 24 heavy (non-hydrogen) atoms. The quantitative estimate of drug-likeness (QED) is 0.792. The van der Waals surface area contributed by atoms with Gasteiger partial charge in [-0.1, -0.05) is 0 Å². The molecule has 9 heteroatoms. The van der Waals surface area contributed by atoms with Crippen LogP contribution < -0.4 is 16.4 Å². The normalized spacial score (nSPS) is 13.2. The van der Waals surface area contributed by atoms with Gasteiger partial charge in [-0.25, -0.2) is 13.6 Å². The van der Waals surface area contributed by atoms with Crippen LogP contribution in [0.4, 0.5) is 24.3 Å². The lowest BCUT2D eigenvalue weighted by molar-refractivity contribution is 0.0991. The lowest BCUT2D eigenvalue weighted by atomic mass is 10.1. The van der Waals surface area contributed by atoms with Gasteiger partial charge in [-0.2, -0.15) is 0 Å². The van der Waals surface area contributed by atoms with Crippen LogP contribution in [0.5, 0.6) is 0 Å². The molecule has 3 rings (SSSR count). The third-order valence-electron chi connectivity index (χ3n) is 3.47. The zero-order chi connectivity index (χ0) is 17.3. The van der Waals surface area contributed by atoms with E-state index in [-0.39, 0.29) is 11.3 Å². The van der Waals surface area contributed by atoms with Gasteiger partial charge >= 0.3 is 6.03 Å². The monoisotopic (exact) mass is 353 g/mol. The largest absolute Gasteiger partial charge is 0.376 e. The second-order valence-corrected chi connectivity index (χ2v) is 6.19. The number of amides is 3. The maximum atomic E-state index is 13.2. The molecule has 0 unspecified atom stereocenters. The third-order valence-corrected chi connectivity index (χ3v) is 4.59. The van der Waals surface area contributed by atoms with Crippen molar-refractivity contribution in [3.05, 3.63) is 45.8 Å². The molecule has 0 spiro atoms. The van der Waals surface area contributed by atoms with Crippen LogP contribution in [0.2, 0.25) is 0 Å². The third kappa shape index (κ3) is 3.22. The molecule has 3 amide bonds. The first-order valence-corrected chi connectivity index (χ1v) is 7.82. The fraction of sp³-hybridized carbons (Fsp3) is 0.200. The summed E-state index contributed by atoms with van der Waals surface area (Å²) in [5, 5.41) is 5.20. The van der Waals surface area contributed by atoms with Crippen LogP contribution in [0.15, 0.2) is 18.2 Å². The number of ether oxygens (including phenoxy) is 1. The molecular formula is C15H13F2N3O3S. The number of hydrogen-bond donors (Lipinski definition) is 3. The van der Waals surface area contributed by atoms with Crippen molar-refractivity contribution in [3.63, 3.8) is 0 Å². The number of primary amides is 1. The number of hydrogen-bond acceptors (Lipinski definition) is 4. The summed E-state index contributed by atoms with van der Waals surface area (Å²) in [7, 11) is 0. The summed E-state index contributed by atoms with van der Waals surface area (Å²) in [6.07, 6.45) is 0.538. The molecule has 0 atom stereocenters. The van der Waals surface area contributed by atoms with E-state index in [4.69, 9.17) is 10.5 Å². The van der Waals surface area contributed by atoms with E-state index in [2.05, 4.69) is 10.6 Å². The number of thiophene rings is 1. The lowest BCUT2D eigenvalue weighted by Crippen LogP contribution is -2.22. The van der Waals surface area contributed by atoms with Crippen LogP contribution in [-0.2, 0) is 17.8 Å². The number of benzene rings is 1. The molecule has 2 heterocycles. The minimum atomic E-state index is -1.07. The Morgan fingerprint density at radius 1 is 1.21 bits per heavy atom. The number of nitrogens with two attached hydrogens (primary N) is 1. The van der Waals surface area contributed by atoms with Gasteiger partial charge in [0.25, 0.3) is 5.91 Å². The summed E-state index contributed by atoms with van der Waals surface area (Å²) in [6.45, 7) is 0.831. The molecule has 4 N–H and O–H groups in total. The van der Waals surface area contributed by atoms with Gasteiger partial charge in [0, 0.05) is 16.6 Å². The van der Waals surface area contributed by atoms with Crippen LogP contribution in [-0.4, -0.2) is 18.5 Å². The van der Waals surface area contributed by atoms with Crippen molar-refractivity contribution in [1.29, 1.82) is 0 Å². The molecule has 6 nitrogen and oxygen atoms in total. The fourth-order valence-electron chi connectivity index (χ4n) is 2.42. The molecule has 2 aromatic rings. The predicted octanol–water partition coefficient (Wildman–Crippen LogP) is 2.84. The second-order valence-electron chi connectivity index (χ2n) is 5.08. The Hall–Kier alpha value is -2.52. The first-order chi connectivity index (χ1) is 11.5. The molecule has 126 valence electrons. The topological polar surface area (TPSA) is 93.5 Å². The zero-order valence-corrected chi connectivity index (χ0v) is 13.1. The number of anilines is 2. The van der Waals surface area contributed by atoms with Crippen LogP contribution in [0.3, 0.4) is 0 Å². The minimum absolute atomic E-state index is 0.0803. The van der Waals surface area contributed by atoms with Crippen molar-refractivity contribution >= 4 is 34.0 Å². The van der Waals surface area contributed by atoms with Crippen molar-refractivity contribution in [2.75, 3.05) is 17.2 Å². The molecular weight excluding hydrogens is 340 g/mol. The molecule has 1 aliphatic heterocycles. The SMILES string of the molecule is NC(=O)c1c(NC(=O)Nc2ccc(F)c(F)c2)sc2c1CCOC2. The number of fused-ring (bicyclic) bond motifs is 1. The number of carbonyl (C=O) groups excluding carboxylic acids is 2. The van der Waals surface area contributed by atoms with Gasteiger partial charge < -0.3 is 15.8 Å². The highest BCUT2D eigenvalue weighted by molar-refractivity contribution is 7.17. The Bertz CT molecular complexity index is 823. The van der Waals surface area contributed by atoms with Crippen molar-refractivity contribution in [2.45, 2.75) is 13.0 Å². The first-order valence-electron chi connectivity index (χ1n) is 7.01. The highest BCUT2D eigenvalue weighted by Crippen LogP contribution is 2.36. The Balaban J connectivity index is 1.80. The molecule has 0 saturated heterocycles. The highest BCUT2D eigenvalue weighted by atomic mass is 32.1. The van der Waals surface area contributed by atoms with Gasteiger partial charge in [0.1, 0.15) is 5.00 Å². The van der Waals surface area contributed by atoms with E-state index in [0.29, 0.717) is 24.6 Å². The van der Waals surface area contributed by atoms with E-state index in [9.17, 15) is 18.4 Å². The maximum Gasteiger partial charge on any atom is 0.324 e. The molecule has 1 aromatic carbocycles. The molecule has 0 radical (unpaired) electrons. The maximum absolute atomic E-state index is 13.2. The van der Waals surface area contributed by atoms with E-state index >= 15 is 0 Å². The summed E-state index contributed by atoms with van der Waals surface area (Å²) in [6, 6.07) is 2.29. The smallest absolute Gasteiger partial charge is 0.324 e.